The lowest BCUT2D eigenvalue weighted by molar-refractivity contribution is 0.477. The van der Waals surface area contributed by atoms with Gasteiger partial charge < -0.3 is 9.64 Å². The Hall–Kier alpha value is -2.31. The van der Waals surface area contributed by atoms with E-state index in [2.05, 4.69) is 98.0 Å². The number of anilines is 3. The molecule has 0 bridgehead atoms. The second-order valence-corrected chi connectivity index (χ2v) is 8.57. The molecular weight excluding hydrogens is 525 g/mol. The van der Waals surface area contributed by atoms with E-state index in [0.717, 1.165) is 33.0 Å². The summed E-state index contributed by atoms with van der Waals surface area (Å²) in [6.07, 6.45) is 0. The molecule has 2 nitrogen and oxygen atoms in total. The third kappa shape index (κ3) is 3.10. The number of hydrogen-bond donors (Lipinski definition) is 0. The van der Waals surface area contributed by atoms with Gasteiger partial charge in [-0.05, 0) is 98.2 Å². The van der Waals surface area contributed by atoms with Crippen LogP contribution in [0.3, 0.4) is 0 Å². The number of halogens is 2. The first kappa shape index (κ1) is 17.8. The molecule has 0 saturated heterocycles. The van der Waals surface area contributed by atoms with Gasteiger partial charge in [0.05, 0.1) is 11.4 Å². The van der Waals surface area contributed by atoms with Gasteiger partial charge in [-0.15, -0.1) is 0 Å². The molecule has 5 rings (SSSR count). The zero-order valence-corrected chi connectivity index (χ0v) is 18.5. The first-order valence-corrected chi connectivity index (χ1v) is 10.8. The summed E-state index contributed by atoms with van der Waals surface area (Å²) in [5.41, 5.74) is 5.59. The van der Waals surface area contributed by atoms with Gasteiger partial charge in [0.15, 0.2) is 11.5 Å². The molecule has 0 unspecified atom stereocenters. The van der Waals surface area contributed by atoms with E-state index in [0.29, 0.717) is 0 Å². The molecule has 0 atom stereocenters. The van der Waals surface area contributed by atoms with E-state index in [4.69, 9.17) is 4.74 Å². The number of benzene rings is 4. The van der Waals surface area contributed by atoms with Gasteiger partial charge in [-0.25, -0.2) is 0 Å². The highest BCUT2D eigenvalue weighted by atomic mass is 127. The molecule has 0 radical (unpaired) electrons. The van der Waals surface area contributed by atoms with Crippen LogP contribution in [0.15, 0.2) is 95.5 Å². The zero-order valence-electron chi connectivity index (χ0n) is 14.8. The molecule has 1 aliphatic rings. The number of rotatable bonds is 2. The molecule has 0 fully saturated rings. The summed E-state index contributed by atoms with van der Waals surface area (Å²) in [7, 11) is 0. The van der Waals surface area contributed by atoms with Crippen LogP contribution in [0, 0.1) is 3.57 Å². The van der Waals surface area contributed by atoms with Crippen molar-refractivity contribution in [2.24, 2.45) is 0 Å². The van der Waals surface area contributed by atoms with E-state index in [-0.39, 0.29) is 0 Å². The maximum Gasteiger partial charge on any atom is 0.151 e. The van der Waals surface area contributed by atoms with Gasteiger partial charge in [0.2, 0.25) is 0 Å². The molecule has 136 valence electrons. The maximum atomic E-state index is 6.10. The number of ether oxygens (including phenoxy) is 1. The summed E-state index contributed by atoms with van der Waals surface area (Å²) in [6.45, 7) is 0. The minimum Gasteiger partial charge on any atom is -0.453 e. The molecule has 0 amide bonds. The number of para-hydroxylation sites is 4. The highest BCUT2D eigenvalue weighted by Gasteiger charge is 2.24. The lowest BCUT2D eigenvalue weighted by Gasteiger charge is -2.32. The van der Waals surface area contributed by atoms with E-state index < -0.39 is 0 Å². The van der Waals surface area contributed by atoms with Gasteiger partial charge >= 0.3 is 0 Å². The summed E-state index contributed by atoms with van der Waals surface area (Å²) >= 11 is 5.96. The molecule has 0 saturated carbocycles. The van der Waals surface area contributed by atoms with Gasteiger partial charge in [0.25, 0.3) is 0 Å². The average Bonchev–Trinajstić information content (AvgIpc) is 2.74. The quantitative estimate of drug-likeness (QED) is 0.209. The molecule has 0 aromatic heterocycles. The fourth-order valence-corrected chi connectivity index (χ4v) is 4.18. The molecule has 4 heteroatoms. The SMILES string of the molecule is Brc1cc(-c2ccc(N3c4ccccc4Oc4ccccc43)cc2)ccc1I. The molecule has 4 aromatic rings. The molecule has 1 heterocycles. The van der Waals surface area contributed by atoms with Crippen LogP contribution in [0.4, 0.5) is 17.1 Å². The van der Waals surface area contributed by atoms with E-state index in [1.807, 2.05) is 36.4 Å². The van der Waals surface area contributed by atoms with Crippen molar-refractivity contribution in [3.05, 3.63) is 99.0 Å². The summed E-state index contributed by atoms with van der Waals surface area (Å²) in [5, 5.41) is 0. The normalized spacial score (nSPS) is 12.1. The monoisotopic (exact) mass is 539 g/mol. The molecule has 1 aliphatic heterocycles. The van der Waals surface area contributed by atoms with Crippen molar-refractivity contribution in [2.45, 2.75) is 0 Å². The Kier molecular flexibility index (Phi) is 4.61. The lowest BCUT2D eigenvalue weighted by atomic mass is 10.0. The van der Waals surface area contributed by atoms with Gasteiger partial charge in [0, 0.05) is 13.7 Å². The van der Waals surface area contributed by atoms with Gasteiger partial charge in [-0.2, -0.15) is 0 Å². The van der Waals surface area contributed by atoms with E-state index in [1.54, 1.807) is 0 Å². The van der Waals surface area contributed by atoms with Gasteiger partial charge in [-0.1, -0.05) is 42.5 Å². The van der Waals surface area contributed by atoms with E-state index >= 15 is 0 Å². The van der Waals surface area contributed by atoms with Crippen LogP contribution < -0.4 is 9.64 Å². The fourth-order valence-electron chi connectivity index (χ4n) is 3.46. The molecule has 0 spiro atoms. The third-order valence-electron chi connectivity index (χ3n) is 4.81. The van der Waals surface area contributed by atoms with Crippen molar-refractivity contribution in [1.82, 2.24) is 0 Å². The van der Waals surface area contributed by atoms with Gasteiger partial charge in [0.1, 0.15) is 0 Å². The van der Waals surface area contributed by atoms with Crippen molar-refractivity contribution in [2.75, 3.05) is 4.90 Å². The summed E-state index contributed by atoms with van der Waals surface area (Å²) in [4.78, 5) is 2.25. The van der Waals surface area contributed by atoms with Crippen LogP contribution in [0.5, 0.6) is 11.5 Å². The van der Waals surface area contributed by atoms with Crippen LogP contribution in [-0.4, -0.2) is 0 Å². The van der Waals surface area contributed by atoms with Crippen molar-refractivity contribution >= 4 is 55.6 Å². The second-order valence-electron chi connectivity index (χ2n) is 6.55. The van der Waals surface area contributed by atoms with Crippen LogP contribution in [0.2, 0.25) is 0 Å². The predicted octanol–water partition coefficient (Wildman–Crippen LogP) is 8.30. The predicted molar refractivity (Wildman–Crippen MR) is 127 cm³/mol. The van der Waals surface area contributed by atoms with E-state index in [9.17, 15) is 0 Å². The van der Waals surface area contributed by atoms with Crippen molar-refractivity contribution < 1.29 is 4.74 Å². The average molecular weight is 540 g/mol. The highest BCUT2D eigenvalue weighted by molar-refractivity contribution is 14.1. The number of fused-ring (bicyclic) bond motifs is 2. The Balaban J connectivity index is 1.59. The zero-order chi connectivity index (χ0) is 19.1. The minimum absolute atomic E-state index is 0.867. The Labute approximate surface area is 186 Å². The molecule has 28 heavy (non-hydrogen) atoms. The maximum absolute atomic E-state index is 6.10. The molecule has 0 N–H and O–H groups in total. The molecular formula is C24H15BrINO. The largest absolute Gasteiger partial charge is 0.453 e. The van der Waals surface area contributed by atoms with Crippen molar-refractivity contribution in [1.29, 1.82) is 0 Å². The minimum atomic E-state index is 0.867. The van der Waals surface area contributed by atoms with Crippen molar-refractivity contribution in [3.8, 4) is 22.6 Å². The van der Waals surface area contributed by atoms with Crippen LogP contribution in [0.1, 0.15) is 0 Å². The fraction of sp³-hybridized carbons (Fsp3) is 0. The Morgan fingerprint density at radius 2 is 1.25 bits per heavy atom. The molecule has 4 aromatic carbocycles. The van der Waals surface area contributed by atoms with Crippen molar-refractivity contribution in [3.63, 3.8) is 0 Å². The Morgan fingerprint density at radius 1 is 0.679 bits per heavy atom. The van der Waals surface area contributed by atoms with Crippen LogP contribution >= 0.6 is 38.5 Å². The Bertz CT molecular complexity index is 1130. The molecule has 0 aliphatic carbocycles. The summed E-state index contributed by atoms with van der Waals surface area (Å²) in [6, 6.07) is 31.4. The lowest BCUT2D eigenvalue weighted by Crippen LogP contribution is -2.15. The first-order valence-electron chi connectivity index (χ1n) is 8.92. The van der Waals surface area contributed by atoms with Crippen LogP contribution in [0.25, 0.3) is 11.1 Å². The smallest absolute Gasteiger partial charge is 0.151 e. The van der Waals surface area contributed by atoms with Crippen LogP contribution in [-0.2, 0) is 0 Å². The Morgan fingerprint density at radius 3 is 1.86 bits per heavy atom. The third-order valence-corrected chi connectivity index (χ3v) is 7.15. The number of hydrogen-bond acceptors (Lipinski definition) is 2. The first-order chi connectivity index (χ1) is 13.7. The van der Waals surface area contributed by atoms with Gasteiger partial charge in [-0.3, -0.25) is 0 Å². The standard InChI is InChI=1S/C24H15BrINO/c25-19-15-17(11-14-20(19)26)16-9-12-18(13-10-16)27-21-5-1-3-7-23(21)28-24-8-4-2-6-22(24)27/h1-15H. The summed E-state index contributed by atoms with van der Waals surface area (Å²) in [5.74, 6) is 1.73. The topological polar surface area (TPSA) is 12.5 Å². The highest BCUT2D eigenvalue weighted by Crippen LogP contribution is 2.50. The number of nitrogens with zero attached hydrogens (tertiary/aromatic N) is 1. The van der Waals surface area contributed by atoms with E-state index in [1.165, 1.54) is 14.7 Å². The summed E-state index contributed by atoms with van der Waals surface area (Å²) < 4.78 is 8.42. The second kappa shape index (κ2) is 7.26.